The van der Waals surface area contributed by atoms with E-state index in [1.54, 1.807) is 6.08 Å². The highest BCUT2D eigenvalue weighted by Crippen LogP contribution is 2.37. The van der Waals surface area contributed by atoms with Gasteiger partial charge in [-0.05, 0) is 73.1 Å². The van der Waals surface area contributed by atoms with E-state index in [-0.39, 0.29) is 12.0 Å². The number of hydrogen-bond donors (Lipinski definition) is 0. The number of hydrogen-bond acceptors (Lipinski definition) is 3. The summed E-state index contributed by atoms with van der Waals surface area (Å²) in [7, 11) is 0. The number of rotatable bonds is 9. The fourth-order valence-electron chi connectivity index (χ4n) is 4.16. The lowest BCUT2D eigenvalue weighted by Gasteiger charge is -2.22. The molecule has 0 spiro atoms. The molecule has 3 heteroatoms. The van der Waals surface area contributed by atoms with Crippen LogP contribution in [0.25, 0.3) is 0 Å². The third-order valence-corrected chi connectivity index (χ3v) is 5.71. The maximum atomic E-state index is 6.41. The average molecular weight is 400 g/mol. The lowest BCUT2D eigenvalue weighted by molar-refractivity contribution is 0.198. The minimum Gasteiger partial charge on any atom is -0.487 e. The molecule has 1 atom stereocenters. The van der Waals surface area contributed by atoms with E-state index in [0.717, 1.165) is 30.8 Å². The van der Waals surface area contributed by atoms with Crippen molar-refractivity contribution in [3.05, 3.63) is 102 Å². The first-order valence-corrected chi connectivity index (χ1v) is 10.8. The first kappa shape index (κ1) is 20.2. The number of pyridine rings is 1. The van der Waals surface area contributed by atoms with Gasteiger partial charge in [-0.1, -0.05) is 49.1 Å². The molecule has 1 aromatic heterocycles. The topological polar surface area (TPSA) is 31.4 Å². The summed E-state index contributed by atoms with van der Waals surface area (Å²) in [6.07, 6.45) is 11.4. The molecule has 0 saturated heterocycles. The summed E-state index contributed by atoms with van der Waals surface area (Å²) >= 11 is 0. The van der Waals surface area contributed by atoms with Crippen molar-refractivity contribution in [2.24, 2.45) is 0 Å². The predicted octanol–water partition coefficient (Wildman–Crippen LogP) is 6.34. The standard InChI is InChI=1S/C27H29NO2/c1-2-18-29-26-13-12-23(20-27(26)30-24-10-6-7-11-24)25(22-8-4-3-5-9-22)19-21-14-16-28-17-15-21/h2-5,8-9,12-17,20,24-25H,1,6-7,10-11,18-19H2. The molecule has 0 amide bonds. The van der Waals surface area contributed by atoms with Gasteiger partial charge in [0.2, 0.25) is 0 Å². The van der Waals surface area contributed by atoms with Gasteiger partial charge in [0, 0.05) is 18.3 Å². The molecular formula is C27H29NO2. The fourth-order valence-corrected chi connectivity index (χ4v) is 4.16. The van der Waals surface area contributed by atoms with Gasteiger partial charge in [-0.15, -0.1) is 0 Å². The Labute approximate surface area is 179 Å². The molecule has 0 bridgehead atoms. The summed E-state index contributed by atoms with van der Waals surface area (Å²) in [4.78, 5) is 4.17. The van der Waals surface area contributed by atoms with Crippen LogP contribution >= 0.6 is 0 Å². The van der Waals surface area contributed by atoms with Crippen LogP contribution in [0.1, 0.15) is 48.3 Å². The molecule has 1 saturated carbocycles. The lowest BCUT2D eigenvalue weighted by atomic mass is 9.86. The van der Waals surface area contributed by atoms with Crippen LogP contribution in [-0.2, 0) is 6.42 Å². The smallest absolute Gasteiger partial charge is 0.161 e. The van der Waals surface area contributed by atoms with Crippen LogP contribution in [0.15, 0.2) is 85.7 Å². The zero-order valence-electron chi connectivity index (χ0n) is 17.4. The van der Waals surface area contributed by atoms with Crippen molar-refractivity contribution in [3.8, 4) is 11.5 Å². The van der Waals surface area contributed by atoms with Crippen molar-refractivity contribution in [1.82, 2.24) is 4.98 Å². The highest BCUT2D eigenvalue weighted by atomic mass is 16.5. The molecule has 0 radical (unpaired) electrons. The summed E-state index contributed by atoms with van der Waals surface area (Å²) in [5.41, 5.74) is 3.79. The second kappa shape index (κ2) is 10.1. The van der Waals surface area contributed by atoms with Crippen molar-refractivity contribution in [2.75, 3.05) is 6.61 Å². The Morgan fingerprint density at radius 2 is 1.70 bits per heavy atom. The van der Waals surface area contributed by atoms with Gasteiger partial charge in [0.1, 0.15) is 6.61 Å². The van der Waals surface area contributed by atoms with E-state index >= 15 is 0 Å². The molecule has 1 heterocycles. The van der Waals surface area contributed by atoms with Gasteiger partial charge in [-0.25, -0.2) is 0 Å². The maximum absolute atomic E-state index is 6.41. The molecule has 154 valence electrons. The third-order valence-electron chi connectivity index (χ3n) is 5.71. The van der Waals surface area contributed by atoms with E-state index in [1.807, 2.05) is 18.5 Å². The van der Waals surface area contributed by atoms with Crippen molar-refractivity contribution < 1.29 is 9.47 Å². The molecule has 4 rings (SSSR count). The highest BCUT2D eigenvalue weighted by molar-refractivity contribution is 5.47. The second-order valence-electron chi connectivity index (χ2n) is 7.85. The fraction of sp³-hybridized carbons (Fsp3) is 0.296. The van der Waals surface area contributed by atoms with Crippen LogP contribution < -0.4 is 9.47 Å². The largest absolute Gasteiger partial charge is 0.487 e. The van der Waals surface area contributed by atoms with Crippen LogP contribution in [0.5, 0.6) is 11.5 Å². The zero-order chi connectivity index (χ0) is 20.6. The summed E-state index contributed by atoms with van der Waals surface area (Å²) in [6, 6.07) is 21.2. The molecule has 30 heavy (non-hydrogen) atoms. The molecular weight excluding hydrogens is 370 g/mol. The Bertz CT molecular complexity index is 934. The molecule has 0 N–H and O–H groups in total. The Kier molecular flexibility index (Phi) is 6.81. The third kappa shape index (κ3) is 5.10. The van der Waals surface area contributed by atoms with E-state index in [4.69, 9.17) is 9.47 Å². The first-order chi connectivity index (χ1) is 14.8. The number of benzene rings is 2. The SMILES string of the molecule is C=CCOc1ccc(C(Cc2ccncc2)c2ccccc2)cc1OC1CCCC1. The van der Waals surface area contributed by atoms with Gasteiger partial charge in [0.15, 0.2) is 11.5 Å². The molecule has 1 fully saturated rings. The van der Waals surface area contributed by atoms with Gasteiger partial charge in [-0.3, -0.25) is 4.98 Å². The summed E-state index contributed by atoms with van der Waals surface area (Å²) in [6.45, 7) is 4.24. The zero-order valence-corrected chi connectivity index (χ0v) is 17.4. The maximum Gasteiger partial charge on any atom is 0.161 e. The number of nitrogens with zero attached hydrogens (tertiary/aromatic N) is 1. The molecule has 0 aliphatic heterocycles. The molecule has 2 aromatic carbocycles. The van der Waals surface area contributed by atoms with E-state index in [1.165, 1.54) is 29.5 Å². The molecule has 1 aliphatic rings. The van der Waals surface area contributed by atoms with Crippen LogP contribution in [0.2, 0.25) is 0 Å². The monoisotopic (exact) mass is 399 g/mol. The Morgan fingerprint density at radius 3 is 2.43 bits per heavy atom. The average Bonchev–Trinajstić information content (AvgIpc) is 3.31. The van der Waals surface area contributed by atoms with Crippen LogP contribution in [0.4, 0.5) is 0 Å². The molecule has 1 unspecified atom stereocenters. The Morgan fingerprint density at radius 1 is 0.933 bits per heavy atom. The van der Waals surface area contributed by atoms with Gasteiger partial charge in [-0.2, -0.15) is 0 Å². The summed E-state index contributed by atoms with van der Waals surface area (Å²) in [5.74, 6) is 1.87. The van der Waals surface area contributed by atoms with Gasteiger partial charge >= 0.3 is 0 Å². The second-order valence-corrected chi connectivity index (χ2v) is 7.85. The lowest BCUT2D eigenvalue weighted by Crippen LogP contribution is -2.13. The Hall–Kier alpha value is -3.07. The van der Waals surface area contributed by atoms with Crippen molar-refractivity contribution in [2.45, 2.75) is 44.1 Å². The van der Waals surface area contributed by atoms with Crippen molar-refractivity contribution in [1.29, 1.82) is 0 Å². The minimum absolute atomic E-state index is 0.230. The minimum atomic E-state index is 0.230. The van der Waals surface area contributed by atoms with Crippen LogP contribution in [0.3, 0.4) is 0 Å². The quantitative estimate of drug-likeness (QED) is 0.393. The number of aromatic nitrogens is 1. The van der Waals surface area contributed by atoms with Crippen LogP contribution in [0, 0.1) is 0 Å². The predicted molar refractivity (Wildman–Crippen MR) is 121 cm³/mol. The highest BCUT2D eigenvalue weighted by Gasteiger charge is 2.21. The van der Waals surface area contributed by atoms with Crippen molar-refractivity contribution in [3.63, 3.8) is 0 Å². The van der Waals surface area contributed by atoms with E-state index in [0.29, 0.717) is 6.61 Å². The molecule has 3 aromatic rings. The first-order valence-electron chi connectivity index (χ1n) is 10.8. The van der Waals surface area contributed by atoms with Gasteiger partial charge in [0.25, 0.3) is 0 Å². The molecule has 1 aliphatic carbocycles. The summed E-state index contributed by atoms with van der Waals surface area (Å²) in [5, 5.41) is 0. The van der Waals surface area contributed by atoms with Crippen LogP contribution in [-0.4, -0.2) is 17.7 Å². The van der Waals surface area contributed by atoms with Gasteiger partial charge in [0.05, 0.1) is 6.10 Å². The molecule has 3 nitrogen and oxygen atoms in total. The normalized spacial score (nSPS) is 14.9. The van der Waals surface area contributed by atoms with E-state index < -0.39 is 0 Å². The number of ether oxygens (including phenoxy) is 2. The summed E-state index contributed by atoms with van der Waals surface area (Å²) < 4.78 is 12.3. The Balaban J connectivity index is 1.68. The van der Waals surface area contributed by atoms with E-state index in [2.05, 4.69) is 66.2 Å². The van der Waals surface area contributed by atoms with Crippen molar-refractivity contribution >= 4 is 0 Å². The van der Waals surface area contributed by atoms with E-state index in [9.17, 15) is 0 Å². The van der Waals surface area contributed by atoms with Gasteiger partial charge < -0.3 is 9.47 Å².